The van der Waals surface area contributed by atoms with Crippen molar-refractivity contribution in [2.75, 3.05) is 14.2 Å². The number of aliphatic carboxylic acids is 2. The molecule has 12 atom stereocenters. The maximum Gasteiger partial charge on any atom is 0.343 e. The van der Waals surface area contributed by atoms with Crippen LogP contribution < -0.4 is 58.5 Å². The third kappa shape index (κ3) is 24.4. The number of methoxy groups -OCH3 is 1. The van der Waals surface area contributed by atoms with E-state index in [0.29, 0.717) is 36.3 Å². The Bertz CT molecular complexity index is 1960. The van der Waals surface area contributed by atoms with Crippen LogP contribution in [0.15, 0.2) is 12.7 Å². The number of esters is 1. The first-order chi connectivity index (χ1) is 33.8. The average Bonchev–Trinajstić information content (AvgIpc) is 3.34. The van der Waals surface area contributed by atoms with Crippen LogP contribution in [0.3, 0.4) is 0 Å². The molecule has 13 N–H and O–H groups in total. The van der Waals surface area contributed by atoms with E-state index in [0.717, 1.165) is 14.2 Å². The zero-order valence-corrected chi connectivity index (χ0v) is 40.7. The van der Waals surface area contributed by atoms with Gasteiger partial charge in [0.05, 0.1) is 37.3 Å². The second-order valence-electron chi connectivity index (χ2n) is 16.0. The van der Waals surface area contributed by atoms with Crippen molar-refractivity contribution in [3.05, 3.63) is 12.7 Å². The van der Waals surface area contributed by atoms with E-state index in [9.17, 15) is 82.1 Å². The van der Waals surface area contributed by atoms with Crippen LogP contribution in [0.2, 0.25) is 0 Å². The molecule has 0 saturated carbocycles. The van der Waals surface area contributed by atoms with Gasteiger partial charge in [0.2, 0.25) is 17.7 Å². The van der Waals surface area contributed by atoms with Crippen LogP contribution in [0, 0.1) is 0 Å². The molecule has 0 spiro atoms. The molecule has 0 radical (unpaired) electrons. The van der Waals surface area contributed by atoms with E-state index < -0.39 is 158 Å². The number of carbonyl (C=O) groups excluding carboxylic acids is 13. The first-order valence-electron chi connectivity index (χ1n) is 22.1. The van der Waals surface area contributed by atoms with Crippen molar-refractivity contribution in [1.82, 2.24) is 63.4 Å². The van der Waals surface area contributed by atoms with Crippen molar-refractivity contribution in [3.8, 4) is 0 Å². The predicted molar refractivity (Wildman–Crippen MR) is 247 cm³/mol. The van der Waals surface area contributed by atoms with Gasteiger partial charge in [-0.15, -0.1) is 6.58 Å². The van der Waals surface area contributed by atoms with E-state index in [4.69, 9.17) is 0 Å². The van der Waals surface area contributed by atoms with Crippen LogP contribution in [-0.4, -0.2) is 193 Å². The van der Waals surface area contributed by atoms with Gasteiger partial charge < -0.3 is 75.7 Å². The number of hydrogen-bond acceptors (Lipinski definition) is 21. The number of rotatable bonds is 38. The topological polar surface area (TPSA) is 441 Å². The van der Waals surface area contributed by atoms with Gasteiger partial charge in [-0.05, 0) is 53.9 Å². The lowest BCUT2D eigenvalue weighted by atomic mass is 10.1. The van der Waals surface area contributed by atoms with Crippen molar-refractivity contribution in [1.29, 1.82) is 0 Å². The molecule has 402 valence electrons. The molecular formula is C42H66N12O18. The van der Waals surface area contributed by atoms with Gasteiger partial charge in [-0.3, -0.25) is 69.7 Å². The van der Waals surface area contributed by atoms with E-state index in [2.05, 4.69) is 69.8 Å². The van der Waals surface area contributed by atoms with Crippen LogP contribution in [0.5, 0.6) is 0 Å². The van der Waals surface area contributed by atoms with Crippen molar-refractivity contribution in [3.63, 3.8) is 0 Å². The number of amides is 7. The van der Waals surface area contributed by atoms with Gasteiger partial charge in [-0.2, -0.15) is 0 Å². The highest BCUT2D eigenvalue weighted by Gasteiger charge is 2.38. The quantitative estimate of drug-likeness (QED) is 0.0118. The van der Waals surface area contributed by atoms with Gasteiger partial charge >= 0.3 is 17.9 Å². The van der Waals surface area contributed by atoms with E-state index in [-0.39, 0.29) is 12.8 Å². The summed E-state index contributed by atoms with van der Waals surface area (Å²) in [5.74, 6) is -12.0. The predicted octanol–water partition coefficient (Wildman–Crippen LogP) is -6.74. The number of nitrogens with one attached hydrogen (secondary N) is 11. The standard InChI is InChI=1S/C42H66N12O18/c1-9-10-11-28(60)48-26(12-14-29(61)62)36(65)52-33(45-23(4)18-57)41(70)54(7)35(47-25(6)20-59)40(69)51-32(44-22(3)17-56)39(68)50-31(43-21(2)16-55)38(67)49-27(13-15-30(63)64)37(66)53-34(42(71)72-8)46-24(5)19-58/h9,16-27,31-35,43-47H,1,10-15H2,2-8H3,(H,48,60)(H,49,67)(H,50,68)(H,51,69)(H,52,65)(H,53,66)(H,61,62)(H,63,64)/t21-,22-,23-,24-,25-,26-,27-,31-,32-,33+,34-,35-/m0/s1. The molecule has 0 aromatic heterocycles. The molecular weight excluding hydrogens is 961 g/mol. The Labute approximate surface area is 413 Å². The highest BCUT2D eigenvalue weighted by atomic mass is 16.5. The zero-order chi connectivity index (χ0) is 55.2. The zero-order valence-electron chi connectivity index (χ0n) is 40.7. The van der Waals surface area contributed by atoms with Gasteiger partial charge in [0.25, 0.3) is 23.6 Å². The van der Waals surface area contributed by atoms with Crippen molar-refractivity contribution in [2.24, 2.45) is 0 Å². The van der Waals surface area contributed by atoms with Gasteiger partial charge in [-0.1, -0.05) is 6.08 Å². The molecule has 0 aliphatic rings. The second kappa shape index (κ2) is 34.0. The minimum Gasteiger partial charge on any atom is -0.481 e. The van der Waals surface area contributed by atoms with Gasteiger partial charge in [-0.25, -0.2) is 4.79 Å². The molecule has 0 unspecified atom stereocenters. The number of carbonyl (C=O) groups is 15. The summed E-state index contributed by atoms with van der Waals surface area (Å²) in [5, 5.41) is 44.5. The lowest BCUT2D eigenvalue weighted by molar-refractivity contribution is -0.147. The SMILES string of the molecule is C=CCCC(=O)N[C@@H](CCC(=O)O)C(=O)N[C@@H](N[C@@H](C)C=O)C(=O)N(C)[C@H](N[C@@H](C)C=O)C(=O)N[C@H](N[C@@H](C)C=O)C(=O)N[C@H](N[C@@H](C)C=O)C(=O)N[C@@H](CCC(=O)O)C(=O)N[C@H](N[C@@H](C)C=O)C(=O)OC. The van der Waals surface area contributed by atoms with Gasteiger partial charge in [0, 0.05) is 26.3 Å². The van der Waals surface area contributed by atoms with E-state index in [1.54, 1.807) is 0 Å². The summed E-state index contributed by atoms with van der Waals surface area (Å²) in [6, 6.07) is -9.29. The maximum absolute atomic E-state index is 14.2. The number of carboxylic acids is 2. The fraction of sp³-hybridized carbons (Fsp3) is 0.595. The summed E-state index contributed by atoms with van der Waals surface area (Å²) < 4.78 is 4.63. The van der Waals surface area contributed by atoms with Crippen LogP contribution in [0.25, 0.3) is 0 Å². The molecule has 72 heavy (non-hydrogen) atoms. The Morgan fingerprint density at radius 3 is 1.28 bits per heavy atom. The number of ether oxygens (including phenoxy) is 1. The summed E-state index contributed by atoms with van der Waals surface area (Å²) in [7, 11) is 1.95. The number of hydrogen-bond donors (Lipinski definition) is 13. The molecule has 30 nitrogen and oxygen atoms in total. The average molecular weight is 1030 g/mol. The van der Waals surface area contributed by atoms with Crippen LogP contribution in [0.1, 0.15) is 73.1 Å². The Kier molecular flexibility index (Phi) is 30.5. The van der Waals surface area contributed by atoms with Crippen LogP contribution >= 0.6 is 0 Å². The fourth-order valence-corrected chi connectivity index (χ4v) is 5.78. The molecule has 0 heterocycles. The number of carboxylic acid groups (broad SMARTS) is 2. The first-order valence-corrected chi connectivity index (χ1v) is 22.1. The number of likely N-dealkylation sites (N-methyl/N-ethyl adjacent to an activating group) is 1. The van der Waals surface area contributed by atoms with Crippen LogP contribution in [0.4, 0.5) is 0 Å². The van der Waals surface area contributed by atoms with Crippen molar-refractivity contribution < 1.29 is 86.9 Å². The molecule has 0 saturated heterocycles. The molecule has 7 amide bonds. The Morgan fingerprint density at radius 1 is 0.500 bits per heavy atom. The highest BCUT2D eigenvalue weighted by molar-refractivity contribution is 5.97. The number of aldehydes is 5. The fourth-order valence-electron chi connectivity index (χ4n) is 5.78. The summed E-state index contributed by atoms with van der Waals surface area (Å²) in [5.41, 5.74) is 0. The van der Waals surface area contributed by atoms with E-state index in [1.165, 1.54) is 40.7 Å². The molecule has 0 bridgehead atoms. The van der Waals surface area contributed by atoms with Crippen molar-refractivity contribution in [2.45, 2.75) is 146 Å². The van der Waals surface area contributed by atoms with E-state index in [1.807, 2.05) is 0 Å². The van der Waals surface area contributed by atoms with Crippen LogP contribution in [-0.2, 0) is 76.7 Å². The Balaban J connectivity index is 7.12. The maximum atomic E-state index is 14.2. The minimum absolute atomic E-state index is 0.137. The normalized spacial score (nSPS) is 15.8. The third-order valence-electron chi connectivity index (χ3n) is 9.65. The number of nitrogens with zero attached hydrogens (tertiary/aromatic N) is 1. The van der Waals surface area contributed by atoms with Gasteiger partial charge in [0.15, 0.2) is 30.8 Å². The van der Waals surface area contributed by atoms with Gasteiger partial charge in [0.1, 0.15) is 43.5 Å². The molecule has 0 aliphatic carbocycles. The summed E-state index contributed by atoms with van der Waals surface area (Å²) in [4.78, 5) is 190. The smallest absolute Gasteiger partial charge is 0.343 e. The molecule has 0 aromatic carbocycles. The highest BCUT2D eigenvalue weighted by Crippen LogP contribution is 2.06. The third-order valence-corrected chi connectivity index (χ3v) is 9.65. The first kappa shape index (κ1) is 64.6. The molecule has 0 fully saturated rings. The monoisotopic (exact) mass is 1030 g/mol. The summed E-state index contributed by atoms with van der Waals surface area (Å²) in [6.45, 7) is 9.81. The number of allylic oxidation sites excluding steroid dienone is 1. The largest absolute Gasteiger partial charge is 0.481 e. The van der Waals surface area contributed by atoms with Crippen molar-refractivity contribution >= 4 is 90.7 Å². The lowest BCUT2D eigenvalue weighted by Gasteiger charge is -2.34. The van der Waals surface area contributed by atoms with E-state index >= 15 is 0 Å². The Morgan fingerprint density at radius 2 is 0.861 bits per heavy atom. The summed E-state index contributed by atoms with van der Waals surface area (Å²) in [6.07, 6.45) is -9.00. The summed E-state index contributed by atoms with van der Waals surface area (Å²) >= 11 is 0. The molecule has 0 aliphatic heterocycles. The Hall–Kier alpha value is -7.41. The minimum atomic E-state index is -2.05. The molecule has 30 heteroatoms. The second-order valence-corrected chi connectivity index (χ2v) is 16.0. The lowest BCUT2D eigenvalue weighted by Crippen LogP contribution is -2.69. The molecule has 0 rings (SSSR count). The molecule has 0 aromatic rings.